The highest BCUT2D eigenvalue weighted by Crippen LogP contribution is 2.22. The van der Waals surface area contributed by atoms with Crippen LogP contribution in [0.5, 0.6) is 0 Å². The molecule has 0 spiro atoms. The molecule has 1 aromatic rings. The van der Waals surface area contributed by atoms with Crippen LogP contribution in [0, 0.1) is 0 Å². The SMILES string of the molecule is CCOC(=O)CCN1CC(=O)N([C@H](C)c2ccccc2)CC1=O. The summed E-state index contributed by atoms with van der Waals surface area (Å²) in [7, 11) is 0. The van der Waals surface area contributed by atoms with Crippen molar-refractivity contribution >= 4 is 17.8 Å². The predicted octanol–water partition coefficient (Wildman–Crippen LogP) is 1.37. The van der Waals surface area contributed by atoms with Gasteiger partial charge in [-0.15, -0.1) is 0 Å². The van der Waals surface area contributed by atoms with Crippen molar-refractivity contribution < 1.29 is 19.1 Å². The molecular formula is C17H22N2O4. The molecule has 1 atom stereocenters. The smallest absolute Gasteiger partial charge is 0.307 e. The van der Waals surface area contributed by atoms with E-state index in [1.807, 2.05) is 37.3 Å². The zero-order valence-corrected chi connectivity index (χ0v) is 13.5. The lowest BCUT2D eigenvalue weighted by molar-refractivity contribution is -0.153. The molecule has 0 aromatic heterocycles. The lowest BCUT2D eigenvalue weighted by atomic mass is 10.1. The van der Waals surface area contributed by atoms with Crippen LogP contribution in [0.15, 0.2) is 30.3 Å². The second-order valence-corrected chi connectivity index (χ2v) is 5.48. The lowest BCUT2D eigenvalue weighted by Crippen LogP contribution is -2.54. The van der Waals surface area contributed by atoms with E-state index < -0.39 is 0 Å². The molecule has 2 amide bonds. The number of amides is 2. The van der Waals surface area contributed by atoms with E-state index in [0.717, 1.165) is 5.56 Å². The van der Waals surface area contributed by atoms with Gasteiger partial charge in [-0.05, 0) is 19.4 Å². The highest BCUT2D eigenvalue weighted by molar-refractivity contribution is 5.93. The van der Waals surface area contributed by atoms with Gasteiger partial charge in [0.2, 0.25) is 11.8 Å². The van der Waals surface area contributed by atoms with Crippen LogP contribution in [-0.4, -0.2) is 53.8 Å². The van der Waals surface area contributed by atoms with Crippen LogP contribution in [0.1, 0.15) is 31.9 Å². The van der Waals surface area contributed by atoms with Crippen molar-refractivity contribution in [3.63, 3.8) is 0 Å². The maximum atomic E-state index is 12.4. The van der Waals surface area contributed by atoms with Crippen LogP contribution >= 0.6 is 0 Å². The zero-order chi connectivity index (χ0) is 16.8. The van der Waals surface area contributed by atoms with Crippen molar-refractivity contribution in [1.82, 2.24) is 9.80 Å². The van der Waals surface area contributed by atoms with Gasteiger partial charge in [0.25, 0.3) is 0 Å². The van der Waals surface area contributed by atoms with Gasteiger partial charge in [-0.2, -0.15) is 0 Å². The monoisotopic (exact) mass is 318 g/mol. The van der Waals surface area contributed by atoms with Gasteiger partial charge in [-0.3, -0.25) is 14.4 Å². The minimum Gasteiger partial charge on any atom is -0.466 e. The van der Waals surface area contributed by atoms with Gasteiger partial charge in [0, 0.05) is 6.54 Å². The molecule has 0 unspecified atom stereocenters. The van der Waals surface area contributed by atoms with Gasteiger partial charge < -0.3 is 14.5 Å². The molecule has 1 heterocycles. The van der Waals surface area contributed by atoms with Crippen LogP contribution in [0.25, 0.3) is 0 Å². The van der Waals surface area contributed by atoms with E-state index in [4.69, 9.17) is 4.74 Å². The molecule has 0 aliphatic carbocycles. The number of esters is 1. The molecule has 2 rings (SSSR count). The van der Waals surface area contributed by atoms with E-state index in [-0.39, 0.29) is 49.9 Å². The molecular weight excluding hydrogens is 296 g/mol. The van der Waals surface area contributed by atoms with E-state index in [1.165, 1.54) is 4.90 Å². The number of carbonyl (C=O) groups excluding carboxylic acids is 3. The summed E-state index contributed by atoms with van der Waals surface area (Å²) in [4.78, 5) is 39.0. The number of piperazine rings is 1. The Kier molecular flexibility index (Phi) is 5.73. The minimum absolute atomic E-state index is 0.00934. The van der Waals surface area contributed by atoms with Crippen LogP contribution in [0.3, 0.4) is 0 Å². The second-order valence-electron chi connectivity index (χ2n) is 5.48. The fourth-order valence-electron chi connectivity index (χ4n) is 2.60. The molecule has 6 nitrogen and oxygen atoms in total. The van der Waals surface area contributed by atoms with Gasteiger partial charge in [0.05, 0.1) is 25.6 Å². The molecule has 1 saturated heterocycles. The molecule has 124 valence electrons. The predicted molar refractivity (Wildman–Crippen MR) is 84.4 cm³/mol. The average molecular weight is 318 g/mol. The number of nitrogens with zero attached hydrogens (tertiary/aromatic N) is 2. The first-order valence-corrected chi connectivity index (χ1v) is 7.80. The third kappa shape index (κ3) is 4.31. The van der Waals surface area contributed by atoms with Crippen molar-refractivity contribution in [2.24, 2.45) is 0 Å². The van der Waals surface area contributed by atoms with E-state index in [9.17, 15) is 14.4 Å². The first kappa shape index (κ1) is 17.0. The van der Waals surface area contributed by atoms with Gasteiger partial charge in [-0.1, -0.05) is 30.3 Å². The van der Waals surface area contributed by atoms with Gasteiger partial charge >= 0.3 is 5.97 Å². The first-order chi connectivity index (χ1) is 11.0. The Morgan fingerprint density at radius 2 is 1.87 bits per heavy atom. The van der Waals surface area contributed by atoms with Crippen molar-refractivity contribution in [3.05, 3.63) is 35.9 Å². The average Bonchev–Trinajstić information content (AvgIpc) is 2.55. The Balaban J connectivity index is 1.95. The summed E-state index contributed by atoms with van der Waals surface area (Å²) < 4.78 is 4.84. The number of rotatable bonds is 6. The number of ether oxygens (including phenoxy) is 1. The number of hydrogen-bond acceptors (Lipinski definition) is 4. The number of hydrogen-bond donors (Lipinski definition) is 0. The minimum atomic E-state index is -0.354. The van der Waals surface area contributed by atoms with E-state index in [0.29, 0.717) is 6.61 Å². The molecule has 1 aromatic carbocycles. The van der Waals surface area contributed by atoms with Crippen LogP contribution < -0.4 is 0 Å². The molecule has 0 radical (unpaired) electrons. The maximum absolute atomic E-state index is 12.4. The zero-order valence-electron chi connectivity index (χ0n) is 13.5. The summed E-state index contributed by atoms with van der Waals surface area (Å²) in [5, 5.41) is 0. The Morgan fingerprint density at radius 1 is 1.17 bits per heavy atom. The van der Waals surface area contributed by atoms with Gasteiger partial charge in [0.15, 0.2) is 0 Å². The van der Waals surface area contributed by atoms with E-state index in [2.05, 4.69) is 0 Å². The standard InChI is InChI=1S/C17H22N2O4/c1-3-23-17(22)9-10-18-11-16(21)19(12-15(18)20)13(2)14-7-5-4-6-8-14/h4-8,13H,3,9-12H2,1-2H3/t13-/m1/s1. The maximum Gasteiger partial charge on any atom is 0.307 e. The molecule has 23 heavy (non-hydrogen) atoms. The van der Waals surface area contributed by atoms with Crippen molar-refractivity contribution in [1.29, 1.82) is 0 Å². The molecule has 0 bridgehead atoms. The topological polar surface area (TPSA) is 66.9 Å². The fraction of sp³-hybridized carbons (Fsp3) is 0.471. The summed E-state index contributed by atoms with van der Waals surface area (Å²) in [6, 6.07) is 9.46. The van der Waals surface area contributed by atoms with Gasteiger partial charge in [-0.25, -0.2) is 0 Å². The highest BCUT2D eigenvalue weighted by Gasteiger charge is 2.33. The Morgan fingerprint density at radius 3 is 2.52 bits per heavy atom. The first-order valence-electron chi connectivity index (χ1n) is 7.80. The Labute approximate surface area is 136 Å². The summed E-state index contributed by atoms with van der Waals surface area (Å²) in [5.74, 6) is -0.602. The van der Waals surface area contributed by atoms with E-state index >= 15 is 0 Å². The van der Waals surface area contributed by atoms with Gasteiger partial charge in [0.1, 0.15) is 6.54 Å². The van der Waals surface area contributed by atoms with Crippen molar-refractivity contribution in [3.8, 4) is 0 Å². The Bertz CT molecular complexity index is 573. The highest BCUT2D eigenvalue weighted by atomic mass is 16.5. The van der Waals surface area contributed by atoms with Crippen LogP contribution in [-0.2, 0) is 19.1 Å². The number of carbonyl (C=O) groups is 3. The molecule has 1 aliphatic heterocycles. The van der Waals surface area contributed by atoms with Crippen LogP contribution in [0.4, 0.5) is 0 Å². The van der Waals surface area contributed by atoms with Crippen molar-refractivity contribution in [2.75, 3.05) is 26.2 Å². The molecule has 0 N–H and O–H groups in total. The Hall–Kier alpha value is -2.37. The molecule has 1 aliphatic rings. The second kappa shape index (κ2) is 7.76. The molecule has 1 fully saturated rings. The van der Waals surface area contributed by atoms with Crippen LogP contribution in [0.2, 0.25) is 0 Å². The third-order valence-corrected chi connectivity index (χ3v) is 3.95. The molecule has 6 heteroatoms. The molecule has 0 saturated carbocycles. The largest absolute Gasteiger partial charge is 0.466 e. The van der Waals surface area contributed by atoms with E-state index in [1.54, 1.807) is 11.8 Å². The van der Waals surface area contributed by atoms with Crippen molar-refractivity contribution in [2.45, 2.75) is 26.3 Å². The summed E-state index contributed by atoms with van der Waals surface area (Å²) in [6.45, 7) is 4.23. The lowest BCUT2D eigenvalue weighted by Gasteiger charge is -2.37. The quantitative estimate of drug-likeness (QED) is 0.743. The summed E-state index contributed by atoms with van der Waals surface area (Å²) in [6.07, 6.45) is 0.112. The number of benzene rings is 1. The summed E-state index contributed by atoms with van der Waals surface area (Å²) in [5.41, 5.74) is 0.994. The third-order valence-electron chi connectivity index (χ3n) is 3.95. The normalized spacial score (nSPS) is 16.4. The summed E-state index contributed by atoms with van der Waals surface area (Å²) >= 11 is 0. The fourth-order valence-corrected chi connectivity index (χ4v) is 2.60.